The number of rotatable bonds is 5. The lowest BCUT2D eigenvalue weighted by atomic mass is 10.1. The minimum atomic E-state index is 0.942. The lowest BCUT2D eigenvalue weighted by molar-refractivity contribution is 0.944. The van der Waals surface area contributed by atoms with Crippen LogP contribution in [0.5, 0.6) is 0 Å². The highest BCUT2D eigenvalue weighted by Crippen LogP contribution is 2.26. The maximum Gasteiger partial charge on any atom is 0.0443 e. The molecule has 0 amide bonds. The van der Waals surface area contributed by atoms with Gasteiger partial charge < -0.3 is 4.90 Å². The molecule has 1 aromatic rings. The van der Waals surface area contributed by atoms with E-state index in [1.54, 1.807) is 0 Å². The van der Waals surface area contributed by atoms with Crippen molar-refractivity contribution < 1.29 is 0 Å². The minimum Gasteiger partial charge on any atom is -0.345 e. The summed E-state index contributed by atoms with van der Waals surface area (Å²) < 4.78 is 0. The molecule has 96 valence electrons. The van der Waals surface area contributed by atoms with E-state index in [-0.39, 0.29) is 0 Å². The van der Waals surface area contributed by atoms with Gasteiger partial charge in [-0.25, -0.2) is 0 Å². The van der Waals surface area contributed by atoms with Crippen molar-refractivity contribution in [1.82, 2.24) is 0 Å². The zero-order chi connectivity index (χ0) is 13.7. The quantitative estimate of drug-likeness (QED) is 0.660. The van der Waals surface area contributed by atoms with Gasteiger partial charge in [-0.05, 0) is 51.0 Å². The second kappa shape index (κ2) is 6.25. The molecule has 0 unspecified atom stereocenters. The molecule has 18 heavy (non-hydrogen) atoms. The third-order valence-corrected chi connectivity index (χ3v) is 3.06. The Morgan fingerprint density at radius 2 is 2.00 bits per heavy atom. The van der Waals surface area contributed by atoms with Gasteiger partial charge in [0.15, 0.2) is 0 Å². The molecule has 1 nitrogen and oxygen atoms in total. The molecule has 0 heterocycles. The summed E-state index contributed by atoms with van der Waals surface area (Å²) in [6.45, 7) is 17.2. The number of allylic oxidation sites excluding steroid dienone is 3. The highest BCUT2D eigenvalue weighted by Gasteiger charge is 2.10. The van der Waals surface area contributed by atoms with Crippen LogP contribution in [0.2, 0.25) is 0 Å². The van der Waals surface area contributed by atoms with Crippen molar-refractivity contribution in [2.24, 2.45) is 0 Å². The zero-order valence-corrected chi connectivity index (χ0v) is 12.0. The van der Waals surface area contributed by atoms with E-state index in [4.69, 9.17) is 0 Å². The van der Waals surface area contributed by atoms with Gasteiger partial charge in [-0.2, -0.15) is 0 Å². The lowest BCUT2D eigenvalue weighted by Crippen LogP contribution is -2.21. The molecule has 0 saturated heterocycles. The Bertz CT molecular complexity index is 480. The van der Waals surface area contributed by atoms with E-state index in [0.717, 1.165) is 12.1 Å². The highest BCUT2D eigenvalue weighted by molar-refractivity contribution is 5.66. The first-order valence-corrected chi connectivity index (χ1v) is 6.34. The smallest absolute Gasteiger partial charge is 0.0443 e. The van der Waals surface area contributed by atoms with Gasteiger partial charge in [0.2, 0.25) is 0 Å². The average Bonchev–Trinajstić information content (AvgIpc) is 2.31. The molecule has 0 radical (unpaired) electrons. The summed E-state index contributed by atoms with van der Waals surface area (Å²) >= 11 is 0. The maximum absolute atomic E-state index is 3.94. The van der Waals surface area contributed by atoms with Gasteiger partial charge in [-0.3, -0.25) is 0 Å². The van der Waals surface area contributed by atoms with Crippen molar-refractivity contribution in [3.63, 3.8) is 0 Å². The summed E-state index contributed by atoms with van der Waals surface area (Å²) in [5.74, 6) is 0. The van der Waals surface area contributed by atoms with Crippen LogP contribution in [0.1, 0.15) is 31.9 Å². The van der Waals surface area contributed by atoms with Crippen LogP contribution < -0.4 is 4.90 Å². The Balaban J connectivity index is 3.25. The predicted octanol–water partition coefficient (Wildman–Crippen LogP) is 4.94. The second-order valence-corrected chi connectivity index (χ2v) is 4.57. The van der Waals surface area contributed by atoms with Crippen LogP contribution in [-0.4, -0.2) is 6.54 Å². The van der Waals surface area contributed by atoms with Crippen molar-refractivity contribution in [3.05, 3.63) is 59.8 Å². The average molecular weight is 241 g/mol. The molecule has 0 atom stereocenters. The van der Waals surface area contributed by atoms with Crippen molar-refractivity contribution in [2.75, 3.05) is 11.4 Å². The number of nitrogens with zero attached hydrogens (tertiary/aromatic N) is 1. The Labute approximate surface area is 111 Å². The molecule has 0 N–H and O–H groups in total. The normalized spacial score (nSPS) is 11.2. The van der Waals surface area contributed by atoms with Crippen LogP contribution in [0.3, 0.4) is 0 Å². The molecule has 0 spiro atoms. The summed E-state index contributed by atoms with van der Waals surface area (Å²) in [4.78, 5) is 2.30. The minimum absolute atomic E-state index is 0.942. The van der Waals surface area contributed by atoms with Gasteiger partial charge in [-0.1, -0.05) is 36.9 Å². The third kappa shape index (κ3) is 3.13. The molecule has 1 heteroatoms. The standard InChI is InChI=1S/C17H23N/c1-7-16-10-9-11-17(15(16)6)18(8-2)14(5)12-13(3)4/h7,9-12H,1,3,8H2,2,4-6H3/b14-12+. The Kier molecular flexibility index (Phi) is 4.96. The fourth-order valence-electron chi connectivity index (χ4n) is 2.20. The first-order chi connectivity index (χ1) is 8.51. The molecular formula is C17H23N. The Hall–Kier alpha value is -1.76. The van der Waals surface area contributed by atoms with E-state index in [9.17, 15) is 0 Å². The monoisotopic (exact) mass is 241 g/mol. The number of benzene rings is 1. The number of anilines is 1. The van der Waals surface area contributed by atoms with Gasteiger partial charge in [0, 0.05) is 17.9 Å². The predicted molar refractivity (Wildman–Crippen MR) is 82.9 cm³/mol. The molecule has 0 aliphatic rings. The van der Waals surface area contributed by atoms with E-state index in [1.165, 1.54) is 22.5 Å². The molecule has 0 aliphatic heterocycles. The molecule has 1 rings (SSSR count). The van der Waals surface area contributed by atoms with Crippen LogP contribution in [0.15, 0.2) is 48.7 Å². The molecule has 1 aromatic carbocycles. The van der Waals surface area contributed by atoms with Gasteiger partial charge in [0.25, 0.3) is 0 Å². The summed E-state index contributed by atoms with van der Waals surface area (Å²) in [5, 5.41) is 0. The Morgan fingerprint density at radius 1 is 1.33 bits per heavy atom. The van der Waals surface area contributed by atoms with E-state index < -0.39 is 0 Å². The molecule has 0 aliphatic carbocycles. The van der Waals surface area contributed by atoms with Crippen molar-refractivity contribution in [1.29, 1.82) is 0 Å². The van der Waals surface area contributed by atoms with Crippen LogP contribution >= 0.6 is 0 Å². The molecule has 0 saturated carbocycles. The van der Waals surface area contributed by atoms with Crippen LogP contribution in [0.25, 0.3) is 6.08 Å². The first-order valence-electron chi connectivity index (χ1n) is 6.34. The fourth-order valence-corrected chi connectivity index (χ4v) is 2.20. The Morgan fingerprint density at radius 3 is 2.50 bits per heavy atom. The third-order valence-electron chi connectivity index (χ3n) is 3.06. The largest absolute Gasteiger partial charge is 0.345 e. The molecule has 0 bridgehead atoms. The SMILES string of the molecule is C=Cc1cccc(N(CC)/C(C)=C/C(=C)C)c1C. The van der Waals surface area contributed by atoms with E-state index >= 15 is 0 Å². The van der Waals surface area contributed by atoms with E-state index in [2.05, 4.69) is 63.1 Å². The van der Waals surface area contributed by atoms with Crippen molar-refractivity contribution in [2.45, 2.75) is 27.7 Å². The topological polar surface area (TPSA) is 3.24 Å². The molecule has 0 fully saturated rings. The first kappa shape index (κ1) is 14.3. The van der Waals surface area contributed by atoms with Crippen LogP contribution in [0, 0.1) is 6.92 Å². The van der Waals surface area contributed by atoms with E-state index in [1.807, 2.05) is 13.0 Å². The van der Waals surface area contributed by atoms with Crippen LogP contribution in [-0.2, 0) is 0 Å². The van der Waals surface area contributed by atoms with Crippen molar-refractivity contribution in [3.8, 4) is 0 Å². The van der Waals surface area contributed by atoms with Crippen LogP contribution in [0.4, 0.5) is 5.69 Å². The highest BCUT2D eigenvalue weighted by atomic mass is 15.1. The summed E-state index contributed by atoms with van der Waals surface area (Å²) in [6.07, 6.45) is 4.02. The number of hydrogen-bond donors (Lipinski definition) is 0. The zero-order valence-electron chi connectivity index (χ0n) is 12.0. The fraction of sp³-hybridized carbons (Fsp3) is 0.294. The van der Waals surface area contributed by atoms with Gasteiger partial charge in [0.05, 0.1) is 0 Å². The molecular weight excluding hydrogens is 218 g/mol. The second-order valence-electron chi connectivity index (χ2n) is 4.57. The van der Waals surface area contributed by atoms with Crippen molar-refractivity contribution >= 4 is 11.8 Å². The van der Waals surface area contributed by atoms with E-state index in [0.29, 0.717) is 0 Å². The van der Waals surface area contributed by atoms with Gasteiger partial charge >= 0.3 is 0 Å². The summed E-state index contributed by atoms with van der Waals surface area (Å²) in [7, 11) is 0. The summed E-state index contributed by atoms with van der Waals surface area (Å²) in [5.41, 5.74) is 5.99. The maximum atomic E-state index is 3.94. The van der Waals surface area contributed by atoms with Gasteiger partial charge in [0.1, 0.15) is 0 Å². The lowest BCUT2D eigenvalue weighted by Gasteiger charge is -2.26. The van der Waals surface area contributed by atoms with Gasteiger partial charge in [-0.15, -0.1) is 0 Å². The molecule has 0 aromatic heterocycles. The summed E-state index contributed by atoms with van der Waals surface area (Å²) in [6, 6.07) is 6.33. The number of hydrogen-bond acceptors (Lipinski definition) is 1.